The molecule has 1 heterocycles. The van der Waals surface area contributed by atoms with Crippen LogP contribution in [0.2, 0.25) is 0 Å². The van der Waals surface area contributed by atoms with Crippen LogP contribution in [0, 0.1) is 17.6 Å². The van der Waals surface area contributed by atoms with Crippen LogP contribution >= 0.6 is 15.9 Å². The first-order valence-corrected chi connectivity index (χ1v) is 8.06. The van der Waals surface area contributed by atoms with Crippen LogP contribution in [0.25, 0.3) is 0 Å². The molecule has 1 fully saturated rings. The van der Waals surface area contributed by atoms with Crippen LogP contribution in [-0.4, -0.2) is 18.4 Å². The van der Waals surface area contributed by atoms with E-state index in [1.807, 2.05) is 6.07 Å². The molecule has 0 saturated carbocycles. The van der Waals surface area contributed by atoms with Crippen LogP contribution in [0.1, 0.15) is 6.42 Å². The third-order valence-electron chi connectivity index (χ3n) is 3.84. The number of hydrogen-bond acceptors (Lipinski definition) is 2. The number of nitrogens with zero attached hydrogens (tertiary/aromatic N) is 1. The van der Waals surface area contributed by atoms with E-state index in [2.05, 4.69) is 21.2 Å². The third kappa shape index (κ3) is 3.31. The van der Waals surface area contributed by atoms with E-state index >= 15 is 0 Å². The van der Waals surface area contributed by atoms with Crippen molar-refractivity contribution in [2.45, 2.75) is 6.42 Å². The third-order valence-corrected chi connectivity index (χ3v) is 4.53. The summed E-state index contributed by atoms with van der Waals surface area (Å²) in [5, 5.41) is 2.77. The van der Waals surface area contributed by atoms with Gasteiger partial charge >= 0.3 is 0 Å². The normalized spacial score (nSPS) is 17.2. The summed E-state index contributed by atoms with van der Waals surface area (Å²) in [6, 6.07) is 10.4. The van der Waals surface area contributed by atoms with Crippen molar-refractivity contribution >= 4 is 39.1 Å². The summed E-state index contributed by atoms with van der Waals surface area (Å²) in [5.41, 5.74) is 0.858. The van der Waals surface area contributed by atoms with Crippen molar-refractivity contribution in [1.82, 2.24) is 0 Å². The topological polar surface area (TPSA) is 49.4 Å². The maximum absolute atomic E-state index is 13.3. The van der Waals surface area contributed by atoms with E-state index in [-0.39, 0.29) is 30.5 Å². The van der Waals surface area contributed by atoms with E-state index < -0.39 is 17.6 Å². The second-order valence-electron chi connectivity index (χ2n) is 5.47. The van der Waals surface area contributed by atoms with Crippen LogP contribution in [0.3, 0.4) is 0 Å². The van der Waals surface area contributed by atoms with Gasteiger partial charge in [-0.2, -0.15) is 0 Å². The zero-order valence-electron chi connectivity index (χ0n) is 12.4. The Morgan fingerprint density at radius 2 is 1.92 bits per heavy atom. The Hall–Kier alpha value is -2.28. The Morgan fingerprint density at radius 1 is 1.17 bits per heavy atom. The minimum atomic E-state index is -1.03. The average molecular weight is 395 g/mol. The summed E-state index contributed by atoms with van der Waals surface area (Å²) in [5.74, 6) is -3.15. The highest BCUT2D eigenvalue weighted by atomic mass is 79.9. The summed E-state index contributed by atoms with van der Waals surface area (Å²) in [4.78, 5) is 25.8. The quantitative estimate of drug-likeness (QED) is 0.862. The standard InChI is InChI=1S/C17H13BrF2N2O2/c18-12-3-1-2-4-15(12)21-17(24)10-7-16(23)22(9-10)11-5-6-13(19)14(20)8-11/h1-6,8,10H,7,9H2,(H,21,24). The highest BCUT2D eigenvalue weighted by Gasteiger charge is 2.35. The van der Waals surface area contributed by atoms with Crippen molar-refractivity contribution in [2.75, 3.05) is 16.8 Å². The minimum absolute atomic E-state index is 0.0231. The van der Waals surface area contributed by atoms with E-state index in [0.717, 1.165) is 16.6 Å². The summed E-state index contributed by atoms with van der Waals surface area (Å²) in [6.07, 6.45) is 0.0231. The fourth-order valence-electron chi connectivity index (χ4n) is 2.58. The lowest BCUT2D eigenvalue weighted by Gasteiger charge is -2.17. The van der Waals surface area contributed by atoms with Gasteiger partial charge in [-0.3, -0.25) is 9.59 Å². The number of anilines is 2. The Labute approximate surface area is 145 Å². The largest absolute Gasteiger partial charge is 0.325 e. The first-order chi connectivity index (χ1) is 11.5. The molecule has 1 aliphatic heterocycles. The first-order valence-electron chi connectivity index (χ1n) is 7.26. The molecule has 0 bridgehead atoms. The molecule has 1 atom stereocenters. The van der Waals surface area contributed by atoms with Crippen molar-refractivity contribution in [3.05, 3.63) is 58.6 Å². The number of carbonyl (C=O) groups excluding carboxylic acids is 2. The van der Waals surface area contributed by atoms with E-state index in [4.69, 9.17) is 0 Å². The number of nitrogens with one attached hydrogen (secondary N) is 1. The predicted octanol–water partition coefficient (Wildman–Crippen LogP) is 3.72. The smallest absolute Gasteiger partial charge is 0.229 e. The molecule has 0 radical (unpaired) electrons. The molecule has 2 aromatic rings. The maximum Gasteiger partial charge on any atom is 0.229 e. The van der Waals surface area contributed by atoms with Gasteiger partial charge in [-0.05, 0) is 40.2 Å². The zero-order valence-corrected chi connectivity index (χ0v) is 14.0. The van der Waals surface area contributed by atoms with Crippen LogP contribution in [-0.2, 0) is 9.59 Å². The highest BCUT2D eigenvalue weighted by molar-refractivity contribution is 9.10. The fraction of sp³-hybridized carbons (Fsp3) is 0.176. The van der Waals surface area contributed by atoms with Gasteiger partial charge in [-0.25, -0.2) is 8.78 Å². The number of hydrogen-bond donors (Lipinski definition) is 1. The van der Waals surface area contributed by atoms with Crippen LogP contribution in [0.4, 0.5) is 20.2 Å². The molecular weight excluding hydrogens is 382 g/mol. The van der Waals surface area contributed by atoms with Crippen molar-refractivity contribution in [1.29, 1.82) is 0 Å². The second kappa shape index (κ2) is 6.68. The minimum Gasteiger partial charge on any atom is -0.325 e. The molecule has 124 valence electrons. The van der Waals surface area contributed by atoms with Crippen LogP contribution in [0.5, 0.6) is 0 Å². The van der Waals surface area contributed by atoms with Gasteiger partial charge in [-0.15, -0.1) is 0 Å². The molecule has 24 heavy (non-hydrogen) atoms. The number of amides is 2. The fourth-order valence-corrected chi connectivity index (χ4v) is 2.97. The lowest BCUT2D eigenvalue weighted by atomic mass is 10.1. The van der Waals surface area contributed by atoms with E-state index in [1.165, 1.54) is 11.0 Å². The molecule has 2 amide bonds. The molecule has 4 nitrogen and oxygen atoms in total. The Balaban J connectivity index is 1.73. The van der Waals surface area contributed by atoms with Crippen LogP contribution in [0.15, 0.2) is 46.9 Å². The second-order valence-corrected chi connectivity index (χ2v) is 6.33. The van der Waals surface area contributed by atoms with Gasteiger partial charge in [-0.1, -0.05) is 12.1 Å². The van der Waals surface area contributed by atoms with Gasteiger partial charge in [0.2, 0.25) is 11.8 Å². The lowest BCUT2D eigenvalue weighted by molar-refractivity contribution is -0.122. The molecule has 7 heteroatoms. The number of benzene rings is 2. The lowest BCUT2D eigenvalue weighted by Crippen LogP contribution is -2.28. The van der Waals surface area contributed by atoms with Gasteiger partial charge in [0.1, 0.15) is 0 Å². The Morgan fingerprint density at radius 3 is 2.62 bits per heavy atom. The summed E-state index contributed by atoms with van der Waals surface area (Å²) < 4.78 is 27.1. The van der Waals surface area contributed by atoms with E-state index in [9.17, 15) is 18.4 Å². The molecular formula is C17H13BrF2N2O2. The zero-order chi connectivity index (χ0) is 17.3. The van der Waals surface area contributed by atoms with Crippen molar-refractivity contribution in [3.63, 3.8) is 0 Å². The van der Waals surface area contributed by atoms with Crippen LogP contribution < -0.4 is 10.2 Å². The monoisotopic (exact) mass is 394 g/mol. The van der Waals surface area contributed by atoms with Gasteiger partial charge in [0, 0.05) is 29.2 Å². The molecule has 3 rings (SSSR count). The summed E-state index contributed by atoms with van der Waals surface area (Å²) in [7, 11) is 0. The number of halogens is 3. The molecule has 1 saturated heterocycles. The first kappa shape index (κ1) is 16.6. The van der Waals surface area contributed by atoms with Gasteiger partial charge < -0.3 is 10.2 Å². The molecule has 1 unspecified atom stereocenters. The Kier molecular flexibility index (Phi) is 4.62. The molecule has 1 aliphatic rings. The molecule has 0 aliphatic carbocycles. The summed E-state index contributed by atoms with van der Waals surface area (Å²) >= 11 is 3.34. The average Bonchev–Trinajstić information content (AvgIpc) is 2.94. The maximum atomic E-state index is 13.3. The number of para-hydroxylation sites is 1. The van der Waals surface area contributed by atoms with E-state index in [0.29, 0.717) is 5.69 Å². The Bertz CT molecular complexity index is 813. The number of rotatable bonds is 3. The van der Waals surface area contributed by atoms with Gasteiger partial charge in [0.15, 0.2) is 11.6 Å². The molecule has 0 spiro atoms. The van der Waals surface area contributed by atoms with Crippen molar-refractivity contribution in [2.24, 2.45) is 5.92 Å². The van der Waals surface area contributed by atoms with Crippen molar-refractivity contribution in [3.8, 4) is 0 Å². The molecule has 2 aromatic carbocycles. The van der Waals surface area contributed by atoms with Crippen molar-refractivity contribution < 1.29 is 18.4 Å². The SMILES string of the molecule is O=C(Nc1ccccc1Br)C1CC(=O)N(c2ccc(F)c(F)c2)C1. The highest BCUT2D eigenvalue weighted by Crippen LogP contribution is 2.28. The predicted molar refractivity (Wildman–Crippen MR) is 89.6 cm³/mol. The molecule has 0 aromatic heterocycles. The van der Waals surface area contributed by atoms with Gasteiger partial charge in [0.05, 0.1) is 11.6 Å². The van der Waals surface area contributed by atoms with E-state index in [1.54, 1.807) is 18.2 Å². The molecule has 1 N–H and O–H groups in total. The summed E-state index contributed by atoms with van der Waals surface area (Å²) in [6.45, 7) is 0.125. The number of carbonyl (C=O) groups is 2. The van der Waals surface area contributed by atoms with Gasteiger partial charge in [0.25, 0.3) is 0 Å².